The monoisotopic (exact) mass is 413 g/mol. The Morgan fingerprint density at radius 1 is 1.17 bits per heavy atom. The molecule has 0 aromatic heterocycles. The van der Waals surface area contributed by atoms with Crippen LogP contribution in [0.15, 0.2) is 54.6 Å². The maximum absolute atomic E-state index is 12.2. The summed E-state index contributed by atoms with van der Waals surface area (Å²) >= 11 is 5.87. The number of methoxy groups -OCH3 is 1. The molecule has 1 aliphatic heterocycles. The van der Waals surface area contributed by atoms with E-state index in [0.29, 0.717) is 24.5 Å². The third kappa shape index (κ3) is 5.99. The zero-order chi connectivity index (χ0) is 20.6. The molecule has 1 aliphatic rings. The molecule has 0 radical (unpaired) electrons. The lowest BCUT2D eigenvalue weighted by molar-refractivity contribution is -0.133. The highest BCUT2D eigenvalue weighted by molar-refractivity contribution is 6.30. The average Bonchev–Trinajstić information content (AvgIpc) is 2.74. The van der Waals surface area contributed by atoms with Crippen LogP contribution >= 0.6 is 11.6 Å². The fourth-order valence-corrected chi connectivity index (χ4v) is 3.11. The van der Waals surface area contributed by atoms with Gasteiger partial charge in [0.25, 0.3) is 0 Å². The first-order chi connectivity index (χ1) is 14.0. The van der Waals surface area contributed by atoms with Crippen molar-refractivity contribution in [2.45, 2.75) is 19.3 Å². The predicted octanol–water partition coefficient (Wildman–Crippen LogP) is 3.18. The van der Waals surface area contributed by atoms with Gasteiger partial charge in [-0.1, -0.05) is 23.7 Å². The minimum Gasteiger partial charge on any atom is -0.497 e. The van der Waals surface area contributed by atoms with E-state index in [4.69, 9.17) is 16.3 Å². The molecule has 0 bridgehead atoms. The second-order valence-electron chi connectivity index (χ2n) is 6.68. The molecule has 2 aromatic rings. The molecule has 6 nitrogen and oxygen atoms in total. The zero-order valence-electron chi connectivity index (χ0n) is 16.3. The largest absolute Gasteiger partial charge is 0.497 e. The van der Waals surface area contributed by atoms with Crippen molar-refractivity contribution in [3.05, 3.63) is 70.8 Å². The molecule has 0 atom stereocenters. The predicted molar refractivity (Wildman–Crippen MR) is 113 cm³/mol. The second-order valence-corrected chi connectivity index (χ2v) is 7.12. The van der Waals surface area contributed by atoms with Crippen molar-refractivity contribution in [1.29, 1.82) is 0 Å². The first-order valence-corrected chi connectivity index (χ1v) is 9.85. The summed E-state index contributed by atoms with van der Waals surface area (Å²) in [7, 11) is 1.62. The summed E-state index contributed by atoms with van der Waals surface area (Å²) in [4.78, 5) is 24.3. The van der Waals surface area contributed by atoms with E-state index in [-0.39, 0.29) is 18.2 Å². The van der Waals surface area contributed by atoms with Crippen LogP contribution in [0.5, 0.6) is 5.75 Å². The molecular formula is C22H24ClN3O3. The fraction of sp³-hybridized carbons (Fsp3) is 0.273. The van der Waals surface area contributed by atoms with E-state index >= 15 is 0 Å². The Balaban J connectivity index is 1.45. The van der Waals surface area contributed by atoms with Crippen LogP contribution < -0.4 is 15.5 Å². The molecule has 7 heteroatoms. The van der Waals surface area contributed by atoms with Gasteiger partial charge in [-0.3, -0.25) is 20.0 Å². The van der Waals surface area contributed by atoms with Gasteiger partial charge in [0.15, 0.2) is 0 Å². The minimum atomic E-state index is -0.0888. The molecule has 0 saturated carbocycles. The highest BCUT2D eigenvalue weighted by Crippen LogP contribution is 2.20. The lowest BCUT2D eigenvalue weighted by Gasteiger charge is -2.29. The van der Waals surface area contributed by atoms with Gasteiger partial charge in [0.05, 0.1) is 19.4 Å². The Morgan fingerprint density at radius 2 is 1.90 bits per heavy atom. The number of rotatable bonds is 8. The van der Waals surface area contributed by atoms with E-state index in [1.54, 1.807) is 7.11 Å². The Bertz CT molecular complexity index is 879. The SMILES string of the molecule is COc1ccc(C2=CCC(=O)N(CCC(=O)NCCc3ccc(Cl)cc3)N2)cc1. The van der Waals surface area contributed by atoms with Crippen molar-refractivity contribution in [2.75, 3.05) is 20.2 Å². The van der Waals surface area contributed by atoms with Crippen LogP contribution in [0.4, 0.5) is 0 Å². The van der Waals surface area contributed by atoms with Gasteiger partial charge in [0.2, 0.25) is 11.8 Å². The van der Waals surface area contributed by atoms with Crippen molar-refractivity contribution in [1.82, 2.24) is 15.8 Å². The first kappa shape index (κ1) is 20.7. The summed E-state index contributed by atoms with van der Waals surface area (Å²) in [5, 5.41) is 5.08. The number of halogens is 1. The second kappa shape index (κ2) is 9.98. The number of carbonyl (C=O) groups is 2. The number of hydrazine groups is 1. The molecule has 29 heavy (non-hydrogen) atoms. The number of hydrogen-bond donors (Lipinski definition) is 2. The zero-order valence-corrected chi connectivity index (χ0v) is 17.0. The van der Waals surface area contributed by atoms with Crippen molar-refractivity contribution in [3.63, 3.8) is 0 Å². The van der Waals surface area contributed by atoms with Gasteiger partial charge in [0.1, 0.15) is 5.75 Å². The lowest BCUT2D eigenvalue weighted by atomic mass is 10.1. The molecule has 0 saturated heterocycles. The molecule has 0 unspecified atom stereocenters. The molecule has 2 aromatic carbocycles. The highest BCUT2D eigenvalue weighted by atomic mass is 35.5. The number of nitrogens with zero attached hydrogens (tertiary/aromatic N) is 1. The molecular weight excluding hydrogens is 390 g/mol. The molecule has 2 amide bonds. The molecule has 0 aliphatic carbocycles. The van der Waals surface area contributed by atoms with E-state index < -0.39 is 0 Å². The Kier molecular flexibility index (Phi) is 7.14. The quantitative estimate of drug-likeness (QED) is 0.697. The van der Waals surface area contributed by atoms with Crippen LogP contribution in [0.2, 0.25) is 5.02 Å². The van der Waals surface area contributed by atoms with Gasteiger partial charge in [-0.2, -0.15) is 0 Å². The van der Waals surface area contributed by atoms with E-state index in [1.165, 1.54) is 5.01 Å². The van der Waals surface area contributed by atoms with Gasteiger partial charge in [0, 0.05) is 24.4 Å². The van der Waals surface area contributed by atoms with Crippen LogP contribution in [-0.4, -0.2) is 37.0 Å². The van der Waals surface area contributed by atoms with E-state index in [0.717, 1.165) is 29.0 Å². The first-order valence-electron chi connectivity index (χ1n) is 9.48. The van der Waals surface area contributed by atoms with Gasteiger partial charge in [-0.05, 0) is 60.0 Å². The number of amides is 2. The number of nitrogens with one attached hydrogen (secondary N) is 2. The number of hydrogen-bond acceptors (Lipinski definition) is 4. The van der Waals surface area contributed by atoms with Crippen molar-refractivity contribution >= 4 is 29.1 Å². The summed E-state index contributed by atoms with van der Waals surface area (Å²) < 4.78 is 5.17. The Labute approximate surface area is 175 Å². The maximum atomic E-state index is 12.2. The number of carbonyl (C=O) groups excluding carboxylic acids is 2. The van der Waals surface area contributed by atoms with Crippen molar-refractivity contribution in [2.24, 2.45) is 0 Å². The van der Waals surface area contributed by atoms with E-state index in [1.807, 2.05) is 54.6 Å². The molecule has 152 valence electrons. The molecule has 1 heterocycles. The van der Waals surface area contributed by atoms with E-state index in [9.17, 15) is 9.59 Å². The van der Waals surface area contributed by atoms with Gasteiger partial charge >= 0.3 is 0 Å². The van der Waals surface area contributed by atoms with Crippen LogP contribution in [-0.2, 0) is 16.0 Å². The fourth-order valence-electron chi connectivity index (χ4n) is 2.99. The summed E-state index contributed by atoms with van der Waals surface area (Å²) in [6.07, 6.45) is 3.11. The van der Waals surface area contributed by atoms with Crippen LogP contribution in [0.25, 0.3) is 5.70 Å². The van der Waals surface area contributed by atoms with Gasteiger partial charge < -0.3 is 10.1 Å². The summed E-state index contributed by atoms with van der Waals surface area (Å²) in [6.45, 7) is 0.845. The average molecular weight is 414 g/mol. The van der Waals surface area contributed by atoms with Crippen LogP contribution in [0.3, 0.4) is 0 Å². The lowest BCUT2D eigenvalue weighted by Crippen LogP contribution is -2.46. The number of ether oxygens (including phenoxy) is 1. The molecule has 0 fully saturated rings. The maximum Gasteiger partial charge on any atom is 0.244 e. The van der Waals surface area contributed by atoms with Crippen molar-refractivity contribution in [3.8, 4) is 5.75 Å². The summed E-state index contributed by atoms with van der Waals surface area (Å²) in [5.74, 6) is 0.624. The Hall–Kier alpha value is -2.99. The topological polar surface area (TPSA) is 70.7 Å². The number of benzene rings is 2. The highest BCUT2D eigenvalue weighted by Gasteiger charge is 2.20. The smallest absolute Gasteiger partial charge is 0.244 e. The van der Waals surface area contributed by atoms with Crippen LogP contribution in [0, 0.1) is 0 Å². The van der Waals surface area contributed by atoms with Gasteiger partial charge in [-0.15, -0.1) is 0 Å². The summed E-state index contributed by atoms with van der Waals surface area (Å²) in [6, 6.07) is 15.1. The third-order valence-electron chi connectivity index (χ3n) is 4.65. The summed E-state index contributed by atoms with van der Waals surface area (Å²) in [5.41, 5.74) is 6.02. The third-order valence-corrected chi connectivity index (χ3v) is 4.90. The van der Waals surface area contributed by atoms with Crippen LogP contribution in [0.1, 0.15) is 24.0 Å². The minimum absolute atomic E-state index is 0.0591. The standard InChI is InChI=1S/C22H24ClN3O3/c1-29-19-8-4-17(5-9-19)20-10-11-22(28)26(25-20)15-13-21(27)24-14-12-16-2-6-18(23)7-3-16/h2-10,25H,11-15H2,1H3,(H,24,27). The molecule has 0 spiro atoms. The van der Waals surface area contributed by atoms with E-state index in [2.05, 4.69) is 10.7 Å². The van der Waals surface area contributed by atoms with Gasteiger partial charge in [-0.25, -0.2) is 0 Å². The molecule has 2 N–H and O–H groups in total. The Morgan fingerprint density at radius 3 is 2.59 bits per heavy atom. The van der Waals surface area contributed by atoms with Crippen molar-refractivity contribution < 1.29 is 14.3 Å². The normalized spacial score (nSPS) is 13.5. The molecule has 3 rings (SSSR count).